The predicted molar refractivity (Wildman–Crippen MR) is 187 cm³/mol. The summed E-state index contributed by atoms with van der Waals surface area (Å²) in [7, 11) is 0. The molecule has 0 unspecified atom stereocenters. The van der Waals surface area contributed by atoms with Crippen LogP contribution in [-0.4, -0.2) is 20.9 Å². The molecule has 1 aromatic heterocycles. The molecule has 0 atom stereocenters. The quantitative estimate of drug-likeness (QED) is 0.104. The molecular formula is C40H53IrN2O2-. The molecule has 45 heavy (non-hydrogen) atoms. The van der Waals surface area contributed by atoms with Crippen LogP contribution in [0.1, 0.15) is 111 Å². The van der Waals surface area contributed by atoms with Crippen LogP contribution < -0.4 is 0 Å². The van der Waals surface area contributed by atoms with E-state index < -0.39 is 0 Å². The molecule has 5 rings (SSSR count). The maximum absolute atomic E-state index is 11.7. The number of rotatable bonds is 9. The summed E-state index contributed by atoms with van der Waals surface area (Å²) in [5, 5.41) is 12.1. The SMILES string of the molecule is C.CCC(CC)C(=O)C=C(O)C(CC)CC.Cc1nc2cc(C3CCC(C)CC3)ccc2nc1-c1[c-]ccc2ccccc12.[Ir]. The summed E-state index contributed by atoms with van der Waals surface area (Å²) in [5.41, 5.74) is 6.35. The van der Waals surface area contributed by atoms with Gasteiger partial charge in [0.1, 0.15) is 0 Å². The number of carbonyl (C=O) groups is 1. The molecule has 3 aromatic carbocycles. The summed E-state index contributed by atoms with van der Waals surface area (Å²) in [6.07, 6.45) is 10.2. The second kappa shape index (κ2) is 18.3. The standard InChI is InChI=1S/C26H25N2.C13H24O2.CH4.Ir/c1-17-10-12-19(13-11-17)21-14-15-24-25(16-21)27-18(2)26(28-24)23-9-5-7-20-6-3-4-8-22(20)23;1-5-10(6-2)12(14)9-13(15)11(7-3)8-4;;/h3-8,14-17,19H,10-13H2,1-2H3;9-11,14H,5-8H2,1-4H3;1H4;/q-1;;;. The first kappa shape index (κ1) is 38.3. The maximum atomic E-state index is 11.7. The molecule has 5 heteroatoms. The van der Waals surface area contributed by atoms with E-state index in [-0.39, 0.29) is 50.9 Å². The van der Waals surface area contributed by atoms with Crippen molar-refractivity contribution in [1.82, 2.24) is 9.97 Å². The number of nitrogens with zero attached hydrogens (tertiary/aromatic N) is 2. The van der Waals surface area contributed by atoms with Crippen LogP contribution in [0.2, 0.25) is 0 Å². The monoisotopic (exact) mass is 786 g/mol. The number of hydrogen-bond acceptors (Lipinski definition) is 4. The van der Waals surface area contributed by atoms with Crippen LogP contribution in [0.4, 0.5) is 0 Å². The summed E-state index contributed by atoms with van der Waals surface area (Å²) in [6.45, 7) is 12.5. The van der Waals surface area contributed by atoms with Crippen LogP contribution >= 0.6 is 0 Å². The predicted octanol–water partition coefficient (Wildman–Crippen LogP) is 11.4. The van der Waals surface area contributed by atoms with Gasteiger partial charge in [-0.25, -0.2) is 0 Å². The van der Waals surface area contributed by atoms with E-state index in [1.54, 1.807) is 0 Å². The van der Waals surface area contributed by atoms with Gasteiger partial charge in [0.15, 0.2) is 5.78 Å². The van der Waals surface area contributed by atoms with Gasteiger partial charge in [-0.15, -0.1) is 29.1 Å². The molecule has 1 radical (unpaired) electrons. The molecular weight excluding hydrogens is 733 g/mol. The number of aromatic nitrogens is 2. The van der Waals surface area contributed by atoms with E-state index >= 15 is 0 Å². The molecule has 1 heterocycles. The fraction of sp³-hybridized carbons (Fsp3) is 0.475. The Morgan fingerprint density at radius 2 is 1.56 bits per heavy atom. The number of carbonyl (C=O) groups excluding carboxylic acids is 1. The Balaban J connectivity index is 0.000000360. The van der Waals surface area contributed by atoms with E-state index in [1.165, 1.54) is 48.1 Å². The number of benzene rings is 3. The smallest absolute Gasteiger partial charge is 0.162 e. The van der Waals surface area contributed by atoms with Gasteiger partial charge in [0.25, 0.3) is 0 Å². The zero-order chi connectivity index (χ0) is 30.9. The normalized spacial score (nSPS) is 16.6. The van der Waals surface area contributed by atoms with E-state index in [0.717, 1.165) is 59.6 Å². The van der Waals surface area contributed by atoms with Gasteiger partial charge in [0.05, 0.1) is 16.8 Å². The zero-order valence-electron chi connectivity index (χ0n) is 27.3. The van der Waals surface area contributed by atoms with E-state index in [2.05, 4.69) is 68.4 Å². The van der Waals surface area contributed by atoms with Crippen LogP contribution in [0.3, 0.4) is 0 Å². The number of allylic oxidation sites excluding steroid dienone is 2. The topological polar surface area (TPSA) is 63.1 Å². The van der Waals surface area contributed by atoms with Crippen LogP contribution in [0.15, 0.2) is 66.4 Å². The Kier molecular flexibility index (Phi) is 15.6. The summed E-state index contributed by atoms with van der Waals surface area (Å²) in [5.74, 6) is 2.10. The number of ketones is 1. The van der Waals surface area contributed by atoms with Crippen molar-refractivity contribution in [1.29, 1.82) is 0 Å². The third-order valence-electron chi connectivity index (χ3n) is 9.39. The number of aryl methyl sites for hydroxylation is 1. The minimum Gasteiger partial charge on any atom is -0.512 e. The van der Waals surface area contributed by atoms with Crippen LogP contribution in [0, 0.1) is 30.7 Å². The molecule has 0 amide bonds. The molecule has 1 fully saturated rings. The number of fused-ring (bicyclic) bond motifs is 2. The first-order chi connectivity index (χ1) is 20.8. The molecule has 4 aromatic rings. The van der Waals surface area contributed by atoms with Gasteiger partial charge in [-0.1, -0.05) is 90.6 Å². The fourth-order valence-electron chi connectivity index (χ4n) is 6.38. The Morgan fingerprint density at radius 3 is 2.20 bits per heavy atom. The van der Waals surface area contributed by atoms with Crippen LogP contribution in [0.5, 0.6) is 0 Å². The van der Waals surface area contributed by atoms with Gasteiger partial charge in [-0.2, -0.15) is 0 Å². The average molecular weight is 786 g/mol. The van der Waals surface area contributed by atoms with E-state index in [1.807, 2.05) is 33.8 Å². The van der Waals surface area contributed by atoms with Gasteiger partial charge in [-0.3, -0.25) is 14.8 Å². The Hall–Kier alpha value is -2.88. The molecule has 0 bridgehead atoms. The zero-order valence-corrected chi connectivity index (χ0v) is 29.7. The number of hydrogen-bond donors (Lipinski definition) is 1. The molecule has 1 saturated carbocycles. The van der Waals surface area contributed by atoms with Crippen LogP contribution in [0.25, 0.3) is 33.1 Å². The first-order valence-corrected chi connectivity index (χ1v) is 16.4. The Bertz CT molecular complexity index is 1540. The average Bonchev–Trinajstić information content (AvgIpc) is 3.02. The molecule has 4 nitrogen and oxygen atoms in total. The molecule has 245 valence electrons. The second-order valence-electron chi connectivity index (χ2n) is 12.3. The summed E-state index contributed by atoms with van der Waals surface area (Å²) in [4.78, 5) is 21.7. The molecule has 1 aliphatic carbocycles. The maximum Gasteiger partial charge on any atom is 0.162 e. The molecule has 0 spiro atoms. The molecule has 0 saturated heterocycles. The van der Waals surface area contributed by atoms with Crippen molar-refractivity contribution in [3.05, 3.63) is 83.8 Å². The minimum atomic E-state index is 0. The van der Waals surface area contributed by atoms with E-state index in [4.69, 9.17) is 9.97 Å². The molecule has 0 aliphatic heterocycles. The van der Waals surface area contributed by atoms with Crippen molar-refractivity contribution in [3.8, 4) is 11.3 Å². The third-order valence-corrected chi connectivity index (χ3v) is 9.39. The summed E-state index contributed by atoms with van der Waals surface area (Å²) < 4.78 is 0. The van der Waals surface area contributed by atoms with Gasteiger partial charge >= 0.3 is 0 Å². The number of aliphatic hydroxyl groups is 1. The van der Waals surface area contributed by atoms with Crippen molar-refractivity contribution in [2.45, 2.75) is 106 Å². The second-order valence-corrected chi connectivity index (χ2v) is 12.3. The van der Waals surface area contributed by atoms with Crippen molar-refractivity contribution in [2.24, 2.45) is 17.8 Å². The van der Waals surface area contributed by atoms with E-state index in [0.29, 0.717) is 5.92 Å². The van der Waals surface area contributed by atoms with Crippen LogP contribution in [-0.2, 0) is 24.9 Å². The van der Waals surface area contributed by atoms with Gasteiger partial charge in [0, 0.05) is 49.4 Å². The minimum absolute atomic E-state index is 0. The van der Waals surface area contributed by atoms with Gasteiger partial charge in [-0.05, 0) is 75.0 Å². The molecule has 1 aliphatic rings. The third kappa shape index (κ3) is 9.56. The van der Waals surface area contributed by atoms with Gasteiger partial charge in [0.2, 0.25) is 0 Å². The largest absolute Gasteiger partial charge is 0.512 e. The van der Waals surface area contributed by atoms with Gasteiger partial charge < -0.3 is 5.11 Å². The van der Waals surface area contributed by atoms with E-state index in [9.17, 15) is 9.90 Å². The summed E-state index contributed by atoms with van der Waals surface area (Å²) >= 11 is 0. The Morgan fingerprint density at radius 1 is 0.911 bits per heavy atom. The fourth-order valence-corrected chi connectivity index (χ4v) is 6.38. The number of aliphatic hydroxyl groups excluding tert-OH is 1. The van der Waals surface area contributed by atoms with Crippen molar-refractivity contribution in [2.75, 3.05) is 0 Å². The van der Waals surface area contributed by atoms with Crippen molar-refractivity contribution < 1.29 is 30.0 Å². The molecule has 1 N–H and O–H groups in total. The Labute approximate surface area is 285 Å². The first-order valence-electron chi connectivity index (χ1n) is 16.4. The van der Waals surface area contributed by atoms with Crippen molar-refractivity contribution >= 4 is 27.6 Å². The van der Waals surface area contributed by atoms with Crippen molar-refractivity contribution in [3.63, 3.8) is 0 Å². The summed E-state index contributed by atoms with van der Waals surface area (Å²) in [6, 6.07) is 22.6.